The average molecular weight is 431 g/mol. The van der Waals surface area contributed by atoms with Crippen LogP contribution in [0.15, 0.2) is 43.1 Å². The normalized spacial score (nSPS) is 14.8. The minimum atomic E-state index is 0.104. The van der Waals surface area contributed by atoms with Crippen molar-refractivity contribution in [2.45, 2.75) is 32.6 Å². The Labute approximate surface area is 184 Å². The van der Waals surface area contributed by atoms with Crippen molar-refractivity contribution in [1.29, 1.82) is 0 Å². The average Bonchev–Trinajstić information content (AvgIpc) is 3.16. The van der Waals surface area contributed by atoms with E-state index in [1.54, 1.807) is 12.4 Å². The lowest BCUT2D eigenvalue weighted by Gasteiger charge is -2.31. The SMILES string of the molecule is Cc1nc(C)c(C(=O)N2CCC(c3ccc4cc(-c5cncnc5)cnc4n3)CC2)s1. The predicted octanol–water partition coefficient (Wildman–Crippen LogP) is 4.18. The number of amides is 1. The zero-order valence-corrected chi connectivity index (χ0v) is 18.3. The molecule has 0 bridgehead atoms. The molecule has 7 nitrogen and oxygen atoms in total. The van der Waals surface area contributed by atoms with E-state index < -0.39 is 0 Å². The Bertz CT molecular complexity index is 1250. The fourth-order valence-electron chi connectivity index (χ4n) is 4.11. The van der Waals surface area contributed by atoms with Crippen LogP contribution in [0.3, 0.4) is 0 Å². The lowest BCUT2D eigenvalue weighted by molar-refractivity contribution is 0.0716. The molecule has 8 heteroatoms. The van der Waals surface area contributed by atoms with E-state index in [0.29, 0.717) is 5.92 Å². The molecule has 1 amide bonds. The smallest absolute Gasteiger partial charge is 0.265 e. The maximum absolute atomic E-state index is 12.9. The highest BCUT2D eigenvalue weighted by molar-refractivity contribution is 7.13. The molecule has 0 N–H and O–H groups in total. The highest BCUT2D eigenvalue weighted by Gasteiger charge is 2.27. The monoisotopic (exact) mass is 430 g/mol. The molecule has 0 atom stereocenters. The Morgan fingerprint density at radius 2 is 1.81 bits per heavy atom. The van der Waals surface area contributed by atoms with Crippen LogP contribution in [-0.4, -0.2) is 48.8 Å². The number of fused-ring (bicyclic) bond motifs is 1. The van der Waals surface area contributed by atoms with Gasteiger partial charge in [-0.2, -0.15) is 0 Å². The standard InChI is InChI=1S/C23H22N6OS/c1-14-21(31-15(2)27-14)23(30)29-7-5-16(6-8-29)20-4-3-17-9-18(12-26-22(17)28-20)19-10-24-13-25-11-19/h3-4,9-13,16H,5-8H2,1-2H3. The van der Waals surface area contributed by atoms with Gasteiger partial charge in [-0.05, 0) is 44.9 Å². The lowest BCUT2D eigenvalue weighted by Crippen LogP contribution is -2.38. The minimum Gasteiger partial charge on any atom is -0.338 e. The molecule has 5 heterocycles. The van der Waals surface area contributed by atoms with Crippen molar-refractivity contribution in [3.63, 3.8) is 0 Å². The molecule has 31 heavy (non-hydrogen) atoms. The van der Waals surface area contributed by atoms with E-state index in [2.05, 4.69) is 38.1 Å². The molecule has 1 saturated heterocycles. The molecule has 0 aliphatic carbocycles. The number of nitrogens with zero attached hydrogens (tertiary/aromatic N) is 6. The molecule has 0 spiro atoms. The van der Waals surface area contributed by atoms with Gasteiger partial charge in [0, 0.05) is 59.8 Å². The molecular formula is C23H22N6OS. The first kappa shape index (κ1) is 19.7. The molecule has 4 aromatic heterocycles. The number of hydrogen-bond acceptors (Lipinski definition) is 7. The molecule has 0 aromatic carbocycles. The van der Waals surface area contributed by atoms with Gasteiger partial charge in [-0.25, -0.2) is 24.9 Å². The molecule has 1 fully saturated rings. The van der Waals surface area contributed by atoms with Crippen molar-refractivity contribution in [3.05, 3.63) is 64.4 Å². The van der Waals surface area contributed by atoms with Crippen LogP contribution >= 0.6 is 11.3 Å². The first-order valence-corrected chi connectivity index (χ1v) is 11.2. The van der Waals surface area contributed by atoms with Crippen molar-refractivity contribution >= 4 is 28.3 Å². The van der Waals surface area contributed by atoms with E-state index in [1.165, 1.54) is 17.7 Å². The van der Waals surface area contributed by atoms with Gasteiger partial charge in [0.05, 0.1) is 10.7 Å². The second-order valence-electron chi connectivity index (χ2n) is 7.85. The van der Waals surface area contributed by atoms with Crippen LogP contribution in [0.2, 0.25) is 0 Å². The van der Waals surface area contributed by atoms with Crippen LogP contribution in [-0.2, 0) is 0 Å². The Kier molecular flexibility index (Phi) is 5.15. The summed E-state index contributed by atoms with van der Waals surface area (Å²) in [6.07, 6.45) is 8.70. The number of rotatable bonds is 3. The number of pyridine rings is 2. The van der Waals surface area contributed by atoms with Crippen molar-refractivity contribution in [3.8, 4) is 11.1 Å². The van der Waals surface area contributed by atoms with E-state index in [-0.39, 0.29) is 5.91 Å². The van der Waals surface area contributed by atoms with Gasteiger partial charge in [-0.1, -0.05) is 0 Å². The molecule has 5 rings (SSSR count). The van der Waals surface area contributed by atoms with E-state index in [1.807, 2.05) is 24.9 Å². The van der Waals surface area contributed by atoms with Gasteiger partial charge >= 0.3 is 0 Å². The molecule has 0 radical (unpaired) electrons. The number of carbonyl (C=O) groups excluding carboxylic acids is 1. The van der Waals surface area contributed by atoms with Crippen molar-refractivity contribution in [1.82, 2.24) is 29.8 Å². The number of aromatic nitrogens is 5. The van der Waals surface area contributed by atoms with E-state index in [9.17, 15) is 4.79 Å². The summed E-state index contributed by atoms with van der Waals surface area (Å²) in [7, 11) is 0. The second kappa shape index (κ2) is 8.11. The summed E-state index contributed by atoms with van der Waals surface area (Å²) in [5.41, 5.74) is 4.53. The van der Waals surface area contributed by atoms with Gasteiger partial charge in [0.25, 0.3) is 5.91 Å². The van der Waals surface area contributed by atoms with E-state index in [0.717, 1.165) is 69.4 Å². The topological polar surface area (TPSA) is 84.8 Å². The Hall–Kier alpha value is -3.26. The summed E-state index contributed by atoms with van der Waals surface area (Å²) in [6.45, 7) is 5.32. The quantitative estimate of drug-likeness (QED) is 0.485. The van der Waals surface area contributed by atoms with Gasteiger partial charge in [0.2, 0.25) is 0 Å². The maximum atomic E-state index is 12.9. The minimum absolute atomic E-state index is 0.104. The predicted molar refractivity (Wildman–Crippen MR) is 120 cm³/mol. The molecule has 0 unspecified atom stereocenters. The summed E-state index contributed by atoms with van der Waals surface area (Å²) in [6, 6.07) is 6.24. The molecule has 1 aliphatic heterocycles. The van der Waals surface area contributed by atoms with Crippen molar-refractivity contribution < 1.29 is 4.79 Å². The molecular weight excluding hydrogens is 408 g/mol. The van der Waals surface area contributed by atoms with E-state index in [4.69, 9.17) is 4.98 Å². The summed E-state index contributed by atoms with van der Waals surface area (Å²) < 4.78 is 0. The Morgan fingerprint density at radius 3 is 2.52 bits per heavy atom. The van der Waals surface area contributed by atoms with Crippen molar-refractivity contribution in [2.24, 2.45) is 0 Å². The summed E-state index contributed by atoms with van der Waals surface area (Å²) in [5.74, 6) is 0.439. The second-order valence-corrected chi connectivity index (χ2v) is 9.05. The highest BCUT2D eigenvalue weighted by Crippen LogP contribution is 2.30. The van der Waals surface area contributed by atoms with Gasteiger partial charge in [-0.3, -0.25) is 4.79 Å². The molecule has 4 aromatic rings. The Balaban J connectivity index is 1.30. The number of piperidine rings is 1. The molecule has 0 saturated carbocycles. The largest absolute Gasteiger partial charge is 0.338 e. The van der Waals surface area contributed by atoms with Gasteiger partial charge in [0.1, 0.15) is 11.2 Å². The maximum Gasteiger partial charge on any atom is 0.265 e. The number of carbonyl (C=O) groups is 1. The number of likely N-dealkylation sites (tertiary alicyclic amines) is 1. The fraction of sp³-hybridized carbons (Fsp3) is 0.304. The third-order valence-electron chi connectivity index (χ3n) is 5.76. The summed E-state index contributed by atoms with van der Waals surface area (Å²) >= 11 is 1.48. The summed E-state index contributed by atoms with van der Waals surface area (Å²) in [4.78, 5) is 37.5. The summed E-state index contributed by atoms with van der Waals surface area (Å²) in [5, 5.41) is 1.93. The zero-order chi connectivity index (χ0) is 21.4. The van der Waals surface area contributed by atoms with E-state index >= 15 is 0 Å². The zero-order valence-electron chi connectivity index (χ0n) is 17.4. The van der Waals surface area contributed by atoms with Crippen molar-refractivity contribution in [2.75, 3.05) is 13.1 Å². The van der Waals surface area contributed by atoms with Gasteiger partial charge in [-0.15, -0.1) is 11.3 Å². The Morgan fingerprint density at radius 1 is 1.03 bits per heavy atom. The van der Waals surface area contributed by atoms with Gasteiger partial charge in [0.15, 0.2) is 5.65 Å². The lowest BCUT2D eigenvalue weighted by atomic mass is 9.92. The first-order valence-electron chi connectivity index (χ1n) is 10.3. The highest BCUT2D eigenvalue weighted by atomic mass is 32.1. The third-order valence-corrected chi connectivity index (χ3v) is 6.82. The van der Waals surface area contributed by atoms with Crippen LogP contribution in [0.4, 0.5) is 0 Å². The molecule has 1 aliphatic rings. The van der Waals surface area contributed by atoms with Crippen LogP contribution in [0, 0.1) is 13.8 Å². The molecule has 156 valence electrons. The van der Waals surface area contributed by atoms with Crippen LogP contribution in [0.1, 0.15) is 44.8 Å². The van der Waals surface area contributed by atoms with Gasteiger partial charge < -0.3 is 4.90 Å². The van der Waals surface area contributed by atoms with Crippen LogP contribution in [0.25, 0.3) is 22.2 Å². The van der Waals surface area contributed by atoms with Crippen LogP contribution < -0.4 is 0 Å². The van der Waals surface area contributed by atoms with Crippen LogP contribution in [0.5, 0.6) is 0 Å². The number of hydrogen-bond donors (Lipinski definition) is 0. The number of aryl methyl sites for hydroxylation is 2. The number of thiazole rings is 1. The third kappa shape index (κ3) is 3.90. The fourth-order valence-corrected chi connectivity index (χ4v) is 5.00. The first-order chi connectivity index (χ1) is 15.1.